The van der Waals surface area contributed by atoms with Gasteiger partial charge in [-0.3, -0.25) is 4.79 Å². The zero-order chi connectivity index (χ0) is 13.6. The lowest BCUT2D eigenvalue weighted by Crippen LogP contribution is -2.27. The maximum atomic E-state index is 11.8. The third kappa shape index (κ3) is 5.07. The topological polar surface area (TPSA) is 115 Å². The van der Waals surface area contributed by atoms with Crippen molar-refractivity contribution in [2.45, 2.75) is 26.2 Å². The summed E-state index contributed by atoms with van der Waals surface area (Å²) < 4.78 is 25.1. The predicted octanol–water partition coefficient (Wildman–Crippen LogP) is -0.101. The molecule has 0 aliphatic carbocycles. The van der Waals surface area contributed by atoms with E-state index in [2.05, 4.69) is 14.9 Å². The van der Waals surface area contributed by atoms with E-state index in [0.29, 0.717) is 23.4 Å². The maximum Gasteiger partial charge on any atom is 0.264 e. The van der Waals surface area contributed by atoms with Gasteiger partial charge in [-0.25, -0.2) is 13.6 Å². The van der Waals surface area contributed by atoms with E-state index in [9.17, 15) is 13.2 Å². The minimum atomic E-state index is -3.47. The Morgan fingerprint density at radius 3 is 2.83 bits per heavy atom. The minimum Gasteiger partial charge on any atom is -0.351 e. The number of amides is 1. The Balaban J connectivity index is 2.43. The Hall–Kier alpha value is -1.06. The second-order valence-electron chi connectivity index (χ2n) is 3.78. The highest BCUT2D eigenvalue weighted by Crippen LogP contribution is 2.12. The molecule has 0 fully saturated rings. The predicted molar refractivity (Wildman–Crippen MR) is 68.8 cm³/mol. The van der Waals surface area contributed by atoms with E-state index in [0.717, 1.165) is 18.0 Å². The fourth-order valence-electron chi connectivity index (χ4n) is 1.34. The molecule has 3 N–H and O–H groups in total. The number of sulfonamides is 1. The van der Waals surface area contributed by atoms with Crippen molar-refractivity contribution in [3.8, 4) is 0 Å². The highest BCUT2D eigenvalue weighted by molar-refractivity contribution is 7.89. The largest absolute Gasteiger partial charge is 0.351 e. The number of nitrogens with one attached hydrogen (secondary N) is 1. The van der Waals surface area contributed by atoms with Crippen LogP contribution in [0.2, 0.25) is 0 Å². The molecule has 1 aromatic rings. The monoisotopic (exact) mass is 292 g/mol. The molecular weight excluding hydrogens is 276 g/mol. The minimum absolute atomic E-state index is 0.143. The molecule has 1 aromatic heterocycles. The van der Waals surface area contributed by atoms with Crippen LogP contribution in [0.25, 0.3) is 0 Å². The van der Waals surface area contributed by atoms with E-state index in [1.807, 2.05) is 6.92 Å². The average molecular weight is 292 g/mol. The third-order valence-electron chi connectivity index (χ3n) is 2.14. The van der Waals surface area contributed by atoms with E-state index in [-0.39, 0.29) is 18.2 Å². The number of rotatable bonds is 7. The molecule has 102 valence electrons. The van der Waals surface area contributed by atoms with Crippen molar-refractivity contribution in [2.75, 3.05) is 12.3 Å². The van der Waals surface area contributed by atoms with E-state index in [1.54, 1.807) is 0 Å². The fraction of sp³-hybridized carbons (Fsp3) is 0.667. The standard InChI is InChI=1S/C9H16N4O3S2/c1-2-4-7-8(17-13-12-7)9(14)11-5-3-6-18(10,15)16/h2-6H2,1H3,(H,11,14)(H2,10,15,16). The molecule has 0 aromatic carbocycles. The number of hydrogen-bond donors (Lipinski definition) is 2. The summed E-state index contributed by atoms with van der Waals surface area (Å²) in [5, 5.41) is 11.4. The van der Waals surface area contributed by atoms with Gasteiger partial charge in [0.1, 0.15) is 4.88 Å². The summed E-state index contributed by atoms with van der Waals surface area (Å²) >= 11 is 1.05. The lowest BCUT2D eigenvalue weighted by molar-refractivity contribution is 0.0956. The zero-order valence-electron chi connectivity index (χ0n) is 10.0. The molecule has 0 atom stereocenters. The van der Waals surface area contributed by atoms with Crippen LogP contribution in [0.4, 0.5) is 0 Å². The van der Waals surface area contributed by atoms with Crippen LogP contribution >= 0.6 is 11.5 Å². The summed E-state index contributed by atoms with van der Waals surface area (Å²) in [6.45, 7) is 2.26. The summed E-state index contributed by atoms with van der Waals surface area (Å²) in [5.41, 5.74) is 0.687. The summed E-state index contributed by atoms with van der Waals surface area (Å²) in [6.07, 6.45) is 1.88. The Morgan fingerprint density at radius 2 is 2.22 bits per heavy atom. The van der Waals surface area contributed by atoms with Crippen LogP contribution in [0.3, 0.4) is 0 Å². The molecule has 1 rings (SSSR count). The van der Waals surface area contributed by atoms with Crippen LogP contribution in [-0.4, -0.2) is 36.2 Å². The normalized spacial score (nSPS) is 11.4. The van der Waals surface area contributed by atoms with Crippen LogP contribution in [0.5, 0.6) is 0 Å². The molecule has 1 amide bonds. The number of hydrogen-bond acceptors (Lipinski definition) is 6. The van der Waals surface area contributed by atoms with Gasteiger partial charge in [-0.2, -0.15) is 0 Å². The average Bonchev–Trinajstić information content (AvgIpc) is 2.71. The molecule has 0 saturated heterocycles. The Bertz CT molecular complexity index is 498. The number of carbonyl (C=O) groups is 1. The van der Waals surface area contributed by atoms with Crippen LogP contribution in [0.15, 0.2) is 0 Å². The van der Waals surface area contributed by atoms with Crippen molar-refractivity contribution in [1.29, 1.82) is 0 Å². The molecule has 0 spiro atoms. The lowest BCUT2D eigenvalue weighted by atomic mass is 10.2. The molecule has 1 heterocycles. The van der Waals surface area contributed by atoms with E-state index in [1.165, 1.54) is 0 Å². The number of aryl methyl sites for hydroxylation is 1. The summed E-state index contributed by atoms with van der Waals surface area (Å²) in [4.78, 5) is 12.3. The van der Waals surface area contributed by atoms with Crippen molar-refractivity contribution >= 4 is 27.5 Å². The van der Waals surface area contributed by atoms with Gasteiger partial charge in [0.05, 0.1) is 11.4 Å². The fourth-order valence-corrected chi connectivity index (χ4v) is 2.51. The van der Waals surface area contributed by atoms with Crippen molar-refractivity contribution in [3.63, 3.8) is 0 Å². The van der Waals surface area contributed by atoms with Gasteiger partial charge >= 0.3 is 0 Å². The Kier molecular flexibility index (Phi) is 5.63. The van der Waals surface area contributed by atoms with Gasteiger partial charge in [-0.05, 0) is 24.4 Å². The smallest absolute Gasteiger partial charge is 0.264 e. The van der Waals surface area contributed by atoms with Gasteiger partial charge in [0.15, 0.2) is 0 Å². The van der Waals surface area contributed by atoms with Gasteiger partial charge in [0.25, 0.3) is 5.91 Å². The molecule has 0 radical (unpaired) electrons. The van der Waals surface area contributed by atoms with Crippen molar-refractivity contribution in [1.82, 2.24) is 14.9 Å². The van der Waals surface area contributed by atoms with Crippen molar-refractivity contribution < 1.29 is 13.2 Å². The van der Waals surface area contributed by atoms with E-state index < -0.39 is 10.0 Å². The number of carbonyl (C=O) groups excluding carboxylic acids is 1. The molecular formula is C9H16N4O3S2. The van der Waals surface area contributed by atoms with Crippen LogP contribution in [0.1, 0.15) is 35.1 Å². The van der Waals surface area contributed by atoms with E-state index >= 15 is 0 Å². The van der Waals surface area contributed by atoms with Crippen LogP contribution in [-0.2, 0) is 16.4 Å². The van der Waals surface area contributed by atoms with Crippen LogP contribution in [0, 0.1) is 0 Å². The Morgan fingerprint density at radius 1 is 1.50 bits per heavy atom. The highest BCUT2D eigenvalue weighted by atomic mass is 32.2. The molecule has 0 bridgehead atoms. The molecule has 9 heteroatoms. The quantitative estimate of drug-likeness (QED) is 0.681. The lowest BCUT2D eigenvalue weighted by Gasteiger charge is -2.03. The van der Waals surface area contributed by atoms with Crippen molar-refractivity contribution in [2.24, 2.45) is 5.14 Å². The number of primary sulfonamides is 1. The number of nitrogens with two attached hydrogens (primary N) is 1. The first-order chi connectivity index (χ1) is 8.44. The first kappa shape index (κ1) is 15.0. The van der Waals surface area contributed by atoms with Gasteiger partial charge in [-0.1, -0.05) is 17.8 Å². The van der Waals surface area contributed by atoms with Gasteiger partial charge in [-0.15, -0.1) is 5.10 Å². The second kappa shape index (κ2) is 6.76. The zero-order valence-corrected chi connectivity index (χ0v) is 11.7. The molecule has 0 aliphatic heterocycles. The first-order valence-electron chi connectivity index (χ1n) is 5.54. The third-order valence-corrected chi connectivity index (χ3v) is 3.76. The summed E-state index contributed by atoms with van der Waals surface area (Å²) in [5.74, 6) is -0.404. The molecule has 0 saturated carbocycles. The van der Waals surface area contributed by atoms with Gasteiger partial charge in [0.2, 0.25) is 10.0 Å². The van der Waals surface area contributed by atoms with Crippen molar-refractivity contribution in [3.05, 3.63) is 10.6 Å². The second-order valence-corrected chi connectivity index (χ2v) is 6.26. The van der Waals surface area contributed by atoms with Gasteiger partial charge < -0.3 is 5.32 Å². The Labute approximate surface area is 110 Å². The number of aromatic nitrogens is 2. The first-order valence-corrected chi connectivity index (χ1v) is 8.03. The molecule has 7 nitrogen and oxygen atoms in total. The van der Waals surface area contributed by atoms with E-state index in [4.69, 9.17) is 5.14 Å². The SMILES string of the molecule is CCCc1nnsc1C(=O)NCCCS(N)(=O)=O. The molecule has 0 aliphatic rings. The molecule has 18 heavy (non-hydrogen) atoms. The summed E-state index contributed by atoms with van der Waals surface area (Å²) in [7, 11) is -3.47. The molecule has 0 unspecified atom stereocenters. The highest BCUT2D eigenvalue weighted by Gasteiger charge is 2.15. The van der Waals surface area contributed by atoms with Crippen LogP contribution < -0.4 is 10.5 Å². The number of nitrogens with zero attached hydrogens (tertiary/aromatic N) is 2. The summed E-state index contributed by atoms with van der Waals surface area (Å²) in [6, 6.07) is 0. The maximum absolute atomic E-state index is 11.8. The van der Waals surface area contributed by atoms with Gasteiger partial charge in [0, 0.05) is 6.54 Å².